The number of ether oxygens (including phenoxy) is 3. The van der Waals surface area contributed by atoms with Crippen LogP contribution in [0, 0.1) is 0 Å². The second-order valence-electron chi connectivity index (χ2n) is 8.14. The molecule has 6 nitrogen and oxygen atoms in total. The van der Waals surface area contributed by atoms with Crippen molar-refractivity contribution >= 4 is 28.6 Å². The predicted molar refractivity (Wildman–Crippen MR) is 132 cm³/mol. The number of aromatic nitrogens is 1. The van der Waals surface area contributed by atoms with Gasteiger partial charge in [0.25, 0.3) is 0 Å². The van der Waals surface area contributed by atoms with Gasteiger partial charge in [-0.15, -0.1) is 0 Å². The molecule has 1 atom stereocenters. The summed E-state index contributed by atoms with van der Waals surface area (Å²) in [5.74, 6) is 1.26. The van der Waals surface area contributed by atoms with Crippen molar-refractivity contribution in [3.05, 3.63) is 94.6 Å². The summed E-state index contributed by atoms with van der Waals surface area (Å²) in [5.41, 5.74) is 4.10. The number of carbonyl (C=O) groups is 1. The van der Waals surface area contributed by atoms with Crippen LogP contribution in [0.4, 0.5) is 4.79 Å². The van der Waals surface area contributed by atoms with Crippen molar-refractivity contribution in [1.29, 1.82) is 0 Å². The molecule has 4 aromatic rings. The van der Waals surface area contributed by atoms with E-state index in [0.717, 1.165) is 27.9 Å². The fourth-order valence-electron chi connectivity index (χ4n) is 4.44. The van der Waals surface area contributed by atoms with Gasteiger partial charge in [-0.3, -0.25) is 4.90 Å². The third kappa shape index (κ3) is 4.47. The molecule has 0 spiro atoms. The Morgan fingerprint density at radius 1 is 1.03 bits per heavy atom. The van der Waals surface area contributed by atoms with E-state index in [2.05, 4.69) is 4.98 Å². The van der Waals surface area contributed by atoms with Crippen molar-refractivity contribution in [3.63, 3.8) is 0 Å². The summed E-state index contributed by atoms with van der Waals surface area (Å²) in [4.78, 5) is 18.6. The van der Waals surface area contributed by atoms with Gasteiger partial charge in [-0.2, -0.15) is 0 Å². The first-order valence-corrected chi connectivity index (χ1v) is 11.6. The highest BCUT2D eigenvalue weighted by Crippen LogP contribution is 2.39. The lowest BCUT2D eigenvalue weighted by molar-refractivity contribution is 0.135. The van der Waals surface area contributed by atoms with Crippen molar-refractivity contribution in [1.82, 2.24) is 9.88 Å². The van der Waals surface area contributed by atoms with E-state index in [1.54, 1.807) is 24.1 Å². The Morgan fingerprint density at radius 3 is 2.59 bits per heavy atom. The van der Waals surface area contributed by atoms with Crippen LogP contribution in [0.1, 0.15) is 22.9 Å². The number of halogens is 1. The molecule has 0 aliphatic carbocycles. The second kappa shape index (κ2) is 9.79. The summed E-state index contributed by atoms with van der Waals surface area (Å²) < 4.78 is 16.5. The van der Waals surface area contributed by atoms with Gasteiger partial charge in [-0.05, 0) is 60.0 Å². The van der Waals surface area contributed by atoms with Gasteiger partial charge in [-0.1, -0.05) is 41.9 Å². The van der Waals surface area contributed by atoms with E-state index in [9.17, 15) is 4.79 Å². The minimum atomic E-state index is -0.390. The zero-order valence-electron chi connectivity index (χ0n) is 18.8. The first kappa shape index (κ1) is 22.3. The van der Waals surface area contributed by atoms with E-state index < -0.39 is 0 Å². The normalized spacial score (nSPS) is 15.2. The van der Waals surface area contributed by atoms with Crippen LogP contribution in [0.5, 0.6) is 11.5 Å². The first-order valence-electron chi connectivity index (χ1n) is 11.2. The molecular weight excluding hydrogens is 452 g/mol. The largest absolute Gasteiger partial charge is 0.491 e. The predicted octanol–water partition coefficient (Wildman–Crippen LogP) is 5.99. The maximum absolute atomic E-state index is 13.3. The lowest BCUT2D eigenvalue weighted by Crippen LogP contribution is -2.42. The smallest absolute Gasteiger partial charge is 0.416 e. The number of carbonyl (C=O) groups excluding carboxylic acids is 1. The van der Waals surface area contributed by atoms with Crippen LogP contribution in [0.25, 0.3) is 10.9 Å². The number of benzene rings is 3. The molecule has 0 saturated heterocycles. The van der Waals surface area contributed by atoms with Crippen molar-refractivity contribution < 1.29 is 19.0 Å². The molecule has 34 heavy (non-hydrogen) atoms. The summed E-state index contributed by atoms with van der Waals surface area (Å²) in [6.07, 6.45) is 0.313. The maximum Gasteiger partial charge on any atom is 0.416 e. The molecule has 1 unspecified atom stereocenters. The number of para-hydroxylation sites is 1. The molecule has 1 aliphatic rings. The Balaban J connectivity index is 1.52. The van der Waals surface area contributed by atoms with Gasteiger partial charge in [0.15, 0.2) is 0 Å². The van der Waals surface area contributed by atoms with Gasteiger partial charge in [0, 0.05) is 35.3 Å². The van der Waals surface area contributed by atoms with Crippen LogP contribution in [0.15, 0.2) is 72.8 Å². The first-order chi connectivity index (χ1) is 16.6. The Bertz CT molecular complexity index is 1290. The standard InChI is InChI=1S/C27H25ClN2O4/c1-32-15-16-33-20-10-7-18(8-11-20)26-25-22(23-17-19(28)9-12-24(23)29-25)13-14-30(26)27(31)34-21-5-3-2-4-6-21/h2-12,17,26,29H,13-16H2,1H3. The number of hydrogen-bond donors (Lipinski definition) is 1. The highest BCUT2D eigenvalue weighted by atomic mass is 35.5. The molecule has 0 fully saturated rings. The molecule has 2 heterocycles. The fraction of sp³-hybridized carbons (Fsp3) is 0.222. The average Bonchev–Trinajstić information content (AvgIpc) is 3.22. The molecule has 3 aromatic carbocycles. The van der Waals surface area contributed by atoms with Crippen LogP contribution in [0.2, 0.25) is 5.02 Å². The molecule has 174 valence electrons. The molecule has 5 rings (SSSR count). The summed E-state index contributed by atoms with van der Waals surface area (Å²) >= 11 is 6.29. The number of nitrogens with one attached hydrogen (secondary N) is 1. The van der Waals surface area contributed by atoms with Gasteiger partial charge in [0.1, 0.15) is 24.1 Å². The SMILES string of the molecule is COCCOc1ccc(C2c3[nH]c4ccc(Cl)cc4c3CCN2C(=O)Oc2ccccc2)cc1. The molecule has 1 aromatic heterocycles. The van der Waals surface area contributed by atoms with E-state index in [1.165, 1.54) is 5.56 Å². The van der Waals surface area contributed by atoms with Crippen LogP contribution in [-0.2, 0) is 11.2 Å². The third-order valence-corrected chi connectivity index (χ3v) is 6.26. The Hall–Kier alpha value is -3.48. The molecule has 1 amide bonds. The van der Waals surface area contributed by atoms with Gasteiger partial charge >= 0.3 is 6.09 Å². The van der Waals surface area contributed by atoms with Crippen LogP contribution < -0.4 is 9.47 Å². The number of amides is 1. The Morgan fingerprint density at radius 2 is 1.82 bits per heavy atom. The zero-order valence-corrected chi connectivity index (χ0v) is 19.5. The van der Waals surface area contributed by atoms with Crippen molar-refractivity contribution in [2.75, 3.05) is 26.9 Å². The Labute approximate surface area is 203 Å². The topological polar surface area (TPSA) is 63.8 Å². The number of hydrogen-bond acceptors (Lipinski definition) is 4. The third-order valence-electron chi connectivity index (χ3n) is 6.02. The summed E-state index contributed by atoms with van der Waals surface area (Å²) in [6, 6.07) is 22.4. The summed E-state index contributed by atoms with van der Waals surface area (Å²) in [5, 5.41) is 1.78. The number of H-pyrrole nitrogens is 1. The van der Waals surface area contributed by atoms with Crippen molar-refractivity contribution in [3.8, 4) is 11.5 Å². The molecular formula is C27H25ClN2O4. The van der Waals surface area contributed by atoms with Gasteiger partial charge < -0.3 is 19.2 Å². The fourth-order valence-corrected chi connectivity index (χ4v) is 4.61. The van der Waals surface area contributed by atoms with E-state index >= 15 is 0 Å². The quantitative estimate of drug-likeness (QED) is 0.347. The Kier molecular flexibility index (Phi) is 6.43. The van der Waals surface area contributed by atoms with Crippen molar-refractivity contribution in [2.24, 2.45) is 0 Å². The second-order valence-corrected chi connectivity index (χ2v) is 8.58. The van der Waals surface area contributed by atoms with Crippen LogP contribution in [0.3, 0.4) is 0 Å². The van der Waals surface area contributed by atoms with E-state index in [4.69, 9.17) is 25.8 Å². The number of rotatable bonds is 6. The lowest BCUT2D eigenvalue weighted by Gasteiger charge is -2.35. The molecule has 0 saturated carbocycles. The van der Waals surface area contributed by atoms with E-state index in [0.29, 0.717) is 37.0 Å². The minimum absolute atomic E-state index is 0.334. The monoisotopic (exact) mass is 476 g/mol. The van der Waals surface area contributed by atoms with E-state index in [1.807, 2.05) is 60.7 Å². The number of nitrogens with zero attached hydrogens (tertiary/aromatic N) is 1. The minimum Gasteiger partial charge on any atom is -0.491 e. The summed E-state index contributed by atoms with van der Waals surface area (Å²) in [7, 11) is 1.64. The zero-order chi connectivity index (χ0) is 23.5. The lowest BCUT2D eigenvalue weighted by atomic mass is 9.92. The van der Waals surface area contributed by atoms with Gasteiger partial charge in [0.05, 0.1) is 6.61 Å². The van der Waals surface area contributed by atoms with Crippen LogP contribution in [-0.4, -0.2) is 42.8 Å². The van der Waals surface area contributed by atoms with E-state index in [-0.39, 0.29) is 12.1 Å². The van der Waals surface area contributed by atoms with Gasteiger partial charge in [-0.25, -0.2) is 4.79 Å². The molecule has 0 radical (unpaired) electrons. The van der Waals surface area contributed by atoms with Crippen LogP contribution >= 0.6 is 11.6 Å². The molecule has 7 heteroatoms. The van der Waals surface area contributed by atoms with Gasteiger partial charge in [0.2, 0.25) is 0 Å². The average molecular weight is 477 g/mol. The molecule has 1 N–H and O–H groups in total. The van der Waals surface area contributed by atoms with Crippen molar-refractivity contribution in [2.45, 2.75) is 12.5 Å². The summed E-state index contributed by atoms with van der Waals surface area (Å²) in [6.45, 7) is 1.51. The highest BCUT2D eigenvalue weighted by Gasteiger charge is 2.35. The molecule has 0 bridgehead atoms. The number of methoxy groups -OCH3 is 1. The number of fused-ring (bicyclic) bond motifs is 3. The highest BCUT2D eigenvalue weighted by molar-refractivity contribution is 6.31. The maximum atomic E-state index is 13.3. The molecule has 1 aliphatic heterocycles. The number of aromatic amines is 1.